The molecule has 0 heterocycles. The first-order valence-electron chi connectivity index (χ1n) is 4.31. The molecule has 16 heavy (non-hydrogen) atoms. The zero-order valence-electron chi connectivity index (χ0n) is 8.10. The Morgan fingerprint density at radius 1 is 1.31 bits per heavy atom. The van der Waals surface area contributed by atoms with Crippen LogP contribution in [0.3, 0.4) is 0 Å². The van der Waals surface area contributed by atoms with Crippen LogP contribution in [0.1, 0.15) is 15.9 Å². The number of benzene rings is 1. The van der Waals surface area contributed by atoms with E-state index >= 15 is 0 Å². The summed E-state index contributed by atoms with van der Waals surface area (Å²) in [6.45, 7) is 0. The van der Waals surface area contributed by atoms with E-state index < -0.39 is 5.91 Å². The number of rotatable bonds is 4. The van der Waals surface area contributed by atoms with Crippen molar-refractivity contribution >= 4 is 50.8 Å². The largest absolute Gasteiger partial charge is 0.369 e. The Labute approximate surface area is 111 Å². The van der Waals surface area contributed by atoms with Crippen LogP contribution in [0.25, 0.3) is 0 Å². The molecule has 0 aliphatic carbocycles. The van der Waals surface area contributed by atoms with Gasteiger partial charge in [0.1, 0.15) is 0 Å². The molecule has 0 fully saturated rings. The smallest absolute Gasteiger partial charge is 0.221 e. The van der Waals surface area contributed by atoms with Gasteiger partial charge in [-0.15, -0.1) is 0 Å². The molecule has 86 valence electrons. The molecule has 0 saturated heterocycles. The van der Waals surface area contributed by atoms with E-state index in [4.69, 9.17) is 28.9 Å². The number of amides is 1. The van der Waals surface area contributed by atoms with Gasteiger partial charge in [-0.2, -0.15) is 0 Å². The molecule has 6 heteroatoms. The minimum Gasteiger partial charge on any atom is -0.369 e. The predicted octanol–water partition coefficient (Wildman–Crippen LogP) is 2.60. The lowest BCUT2D eigenvalue weighted by atomic mass is 10.1. The van der Waals surface area contributed by atoms with E-state index in [0.29, 0.717) is 5.56 Å². The average molecular weight is 325 g/mol. The number of hydrogen-bond acceptors (Lipinski definition) is 2. The summed E-state index contributed by atoms with van der Waals surface area (Å²) < 4.78 is 0. The number of carbonyl (C=O) groups is 2. The van der Waals surface area contributed by atoms with Crippen molar-refractivity contribution in [3.63, 3.8) is 0 Å². The monoisotopic (exact) mass is 323 g/mol. The molecule has 1 amide bonds. The highest BCUT2D eigenvalue weighted by atomic mass is 79.9. The van der Waals surface area contributed by atoms with Gasteiger partial charge >= 0.3 is 0 Å². The number of hydrogen-bond donors (Lipinski definition) is 1. The van der Waals surface area contributed by atoms with E-state index in [1.165, 1.54) is 6.07 Å². The van der Waals surface area contributed by atoms with Crippen molar-refractivity contribution in [3.05, 3.63) is 33.3 Å². The first-order valence-corrected chi connectivity index (χ1v) is 6.19. The topological polar surface area (TPSA) is 60.2 Å². The number of ketones is 1. The first kappa shape index (κ1) is 13.5. The molecule has 3 nitrogen and oxygen atoms in total. The molecular weight excluding hydrogens is 317 g/mol. The third-order valence-electron chi connectivity index (χ3n) is 1.94. The second-order valence-electron chi connectivity index (χ2n) is 3.10. The van der Waals surface area contributed by atoms with Crippen LogP contribution in [0.5, 0.6) is 0 Å². The van der Waals surface area contributed by atoms with Crippen molar-refractivity contribution in [2.45, 2.75) is 6.42 Å². The molecule has 1 rings (SSSR count). The zero-order chi connectivity index (χ0) is 12.3. The molecule has 1 aromatic carbocycles. The van der Waals surface area contributed by atoms with Crippen molar-refractivity contribution < 1.29 is 9.59 Å². The van der Waals surface area contributed by atoms with Crippen molar-refractivity contribution in [1.82, 2.24) is 0 Å². The van der Waals surface area contributed by atoms with E-state index in [2.05, 4.69) is 15.9 Å². The first-order chi connectivity index (χ1) is 7.47. The van der Waals surface area contributed by atoms with Crippen molar-refractivity contribution in [2.75, 3.05) is 5.33 Å². The van der Waals surface area contributed by atoms with Crippen LogP contribution in [-0.4, -0.2) is 17.0 Å². The molecule has 0 unspecified atom stereocenters. The van der Waals surface area contributed by atoms with Gasteiger partial charge in [0, 0.05) is 0 Å². The minimum absolute atomic E-state index is 0.0153. The minimum atomic E-state index is -0.513. The van der Waals surface area contributed by atoms with Gasteiger partial charge in [-0.25, -0.2) is 0 Å². The fourth-order valence-electron chi connectivity index (χ4n) is 1.24. The molecule has 0 bridgehead atoms. The summed E-state index contributed by atoms with van der Waals surface area (Å²) in [5.41, 5.74) is 5.79. The van der Waals surface area contributed by atoms with E-state index in [1.807, 2.05) is 0 Å². The van der Waals surface area contributed by atoms with Gasteiger partial charge in [0.2, 0.25) is 5.91 Å². The number of nitrogens with two attached hydrogens (primary N) is 1. The molecular formula is C10H8BrCl2NO2. The van der Waals surface area contributed by atoms with Gasteiger partial charge < -0.3 is 5.73 Å². The summed E-state index contributed by atoms with van der Waals surface area (Å²) in [6, 6.07) is 3.11. The number of alkyl halides is 1. The highest BCUT2D eigenvalue weighted by Gasteiger charge is 2.17. The fraction of sp³-hybridized carbons (Fsp3) is 0.200. The Morgan fingerprint density at radius 2 is 1.94 bits per heavy atom. The maximum absolute atomic E-state index is 11.6. The van der Waals surface area contributed by atoms with Gasteiger partial charge in [0.15, 0.2) is 5.78 Å². The highest BCUT2D eigenvalue weighted by Crippen LogP contribution is 2.29. The zero-order valence-corrected chi connectivity index (χ0v) is 11.2. The highest BCUT2D eigenvalue weighted by molar-refractivity contribution is 9.09. The van der Waals surface area contributed by atoms with E-state index in [9.17, 15) is 9.59 Å². The summed E-state index contributed by atoms with van der Waals surface area (Å²) in [5, 5.41) is 0.574. The maximum atomic E-state index is 11.6. The average Bonchev–Trinajstić information content (AvgIpc) is 2.21. The lowest BCUT2D eigenvalue weighted by Gasteiger charge is -2.08. The number of primary amides is 1. The summed E-state index contributed by atoms with van der Waals surface area (Å²) in [4.78, 5) is 22.4. The van der Waals surface area contributed by atoms with Gasteiger partial charge in [-0.1, -0.05) is 45.2 Å². The SMILES string of the molecule is NC(=O)Cc1ccc(Cl)c(C(=O)CBr)c1Cl. The van der Waals surface area contributed by atoms with Gasteiger partial charge in [0.05, 0.1) is 27.4 Å². The molecule has 0 aliphatic heterocycles. The molecule has 1 aromatic rings. The van der Waals surface area contributed by atoms with E-state index in [0.717, 1.165) is 0 Å². The van der Waals surface area contributed by atoms with Crippen LogP contribution in [0.15, 0.2) is 12.1 Å². The molecule has 2 N–H and O–H groups in total. The lowest BCUT2D eigenvalue weighted by Crippen LogP contribution is -2.15. The predicted molar refractivity (Wildman–Crippen MR) is 67.5 cm³/mol. The molecule has 0 saturated carbocycles. The maximum Gasteiger partial charge on any atom is 0.221 e. The third kappa shape index (κ3) is 2.97. The van der Waals surface area contributed by atoms with Crippen LogP contribution >= 0.6 is 39.1 Å². The lowest BCUT2D eigenvalue weighted by molar-refractivity contribution is -0.117. The van der Waals surface area contributed by atoms with Crippen LogP contribution in [0, 0.1) is 0 Å². The van der Waals surface area contributed by atoms with Crippen LogP contribution in [-0.2, 0) is 11.2 Å². The number of halogens is 3. The Kier molecular flexibility index (Phi) is 4.77. The fourth-order valence-corrected chi connectivity index (χ4v) is 2.17. The summed E-state index contributed by atoms with van der Waals surface area (Å²) >= 11 is 14.9. The van der Waals surface area contributed by atoms with Crippen LogP contribution < -0.4 is 5.73 Å². The second-order valence-corrected chi connectivity index (χ2v) is 4.44. The Balaban J connectivity index is 3.26. The molecule has 0 aliphatic rings. The van der Waals surface area contributed by atoms with Crippen molar-refractivity contribution in [1.29, 1.82) is 0 Å². The molecule has 0 aromatic heterocycles. The van der Waals surface area contributed by atoms with Crippen LogP contribution in [0.4, 0.5) is 0 Å². The second kappa shape index (κ2) is 5.66. The van der Waals surface area contributed by atoms with Gasteiger partial charge in [-0.05, 0) is 11.6 Å². The molecule has 0 atom stereocenters. The van der Waals surface area contributed by atoms with E-state index in [-0.39, 0.29) is 33.1 Å². The normalized spacial score (nSPS) is 10.2. The summed E-state index contributed by atoms with van der Waals surface area (Å²) in [7, 11) is 0. The Bertz CT molecular complexity index is 449. The van der Waals surface area contributed by atoms with E-state index in [1.54, 1.807) is 6.07 Å². The Morgan fingerprint density at radius 3 is 2.44 bits per heavy atom. The van der Waals surface area contributed by atoms with Crippen molar-refractivity contribution in [3.8, 4) is 0 Å². The van der Waals surface area contributed by atoms with Gasteiger partial charge in [0.25, 0.3) is 0 Å². The van der Waals surface area contributed by atoms with Crippen molar-refractivity contribution in [2.24, 2.45) is 5.73 Å². The number of carbonyl (C=O) groups excluding carboxylic acids is 2. The summed E-state index contributed by atoms with van der Waals surface area (Å²) in [6.07, 6.45) is -0.0153. The van der Waals surface area contributed by atoms with Crippen LogP contribution in [0.2, 0.25) is 10.0 Å². The quantitative estimate of drug-likeness (QED) is 0.683. The standard InChI is InChI=1S/C10H8BrCl2NO2/c11-4-7(15)9-6(12)2-1-5(10(9)13)3-8(14)16/h1-2H,3-4H2,(H2,14,16). The molecule has 0 spiro atoms. The third-order valence-corrected chi connectivity index (χ3v) is 3.19. The number of Topliss-reactive ketones (excluding diaryl/α,β-unsaturated/α-hetero) is 1. The molecule has 0 radical (unpaired) electrons. The summed E-state index contributed by atoms with van der Waals surface area (Å²) in [5.74, 6) is -0.747. The Hall–Kier alpha value is -0.580. The van der Waals surface area contributed by atoms with Gasteiger partial charge in [-0.3, -0.25) is 9.59 Å².